The highest BCUT2D eigenvalue weighted by atomic mass is 32.2. The van der Waals surface area contributed by atoms with Crippen LogP contribution in [0.2, 0.25) is 0 Å². The standard InChI is InChI=1S/C55H65F3N6O13S2/c1-35-48(78-34-61-35)39-12-8-36(9-13-39)31-60-50(67)42-29-40(65)32-64(42)52(69)49(54(2,3)4)62-47(66)33-76-25-24-75-23-21-73-18-7-6-17-72-20-22-74-19-16-63-51(68)46(79-53(63)70)28-37-10-15-44(45(27-37)71-5)77-43-14-11-38(30-59)26-41(43)55(56,57)58/h8-15,26-28,34,40,42,49,65H,6-7,16-25,29,31-33H2,1-5H3,(H,60,67)(H,62,66)/b46-28-/t40-,42+,49-/m1/s1. The monoisotopic (exact) mass is 1140 g/mol. The molecule has 0 aliphatic carbocycles. The lowest BCUT2D eigenvalue weighted by Crippen LogP contribution is -2.58. The largest absolute Gasteiger partial charge is 0.493 e. The van der Waals surface area contributed by atoms with Gasteiger partial charge in [-0.2, -0.15) is 18.4 Å². The zero-order chi connectivity index (χ0) is 57.1. The molecule has 79 heavy (non-hydrogen) atoms. The lowest BCUT2D eigenvalue weighted by molar-refractivity contribution is -0.144. The van der Waals surface area contributed by atoms with Crippen LogP contribution in [-0.4, -0.2) is 153 Å². The predicted octanol–water partition coefficient (Wildman–Crippen LogP) is 7.52. The van der Waals surface area contributed by atoms with E-state index in [-0.39, 0.29) is 81.1 Å². The van der Waals surface area contributed by atoms with Gasteiger partial charge in [0, 0.05) is 32.7 Å². The zero-order valence-electron chi connectivity index (χ0n) is 44.6. The average molecular weight is 1140 g/mol. The van der Waals surface area contributed by atoms with Crippen molar-refractivity contribution in [1.29, 1.82) is 5.26 Å². The lowest BCUT2D eigenvalue weighted by Gasteiger charge is -2.35. The van der Waals surface area contributed by atoms with Gasteiger partial charge in [0.05, 0.1) is 104 Å². The van der Waals surface area contributed by atoms with E-state index >= 15 is 0 Å². The summed E-state index contributed by atoms with van der Waals surface area (Å²) in [5, 5.41) is 24.8. The number of aliphatic hydroxyl groups is 1. The summed E-state index contributed by atoms with van der Waals surface area (Å²) in [7, 11) is 1.30. The molecule has 0 bridgehead atoms. The smallest absolute Gasteiger partial charge is 0.420 e. The minimum Gasteiger partial charge on any atom is -0.493 e. The number of aliphatic hydroxyl groups excluding tert-OH is 1. The Morgan fingerprint density at radius 3 is 2.14 bits per heavy atom. The molecule has 3 N–H and O–H groups in total. The number of methoxy groups -OCH3 is 1. The number of thiazole rings is 1. The summed E-state index contributed by atoms with van der Waals surface area (Å²) < 4.78 is 79.8. The Labute approximate surface area is 464 Å². The third kappa shape index (κ3) is 18.3. The Morgan fingerprint density at radius 2 is 1.52 bits per heavy atom. The molecule has 6 rings (SSSR count). The second kappa shape index (κ2) is 29.7. The number of aryl methyl sites for hydroxylation is 1. The first kappa shape index (κ1) is 61.8. The van der Waals surface area contributed by atoms with Crippen LogP contribution < -0.4 is 20.1 Å². The van der Waals surface area contributed by atoms with Crippen molar-refractivity contribution in [1.82, 2.24) is 25.4 Å². The van der Waals surface area contributed by atoms with Crippen molar-refractivity contribution in [2.75, 3.05) is 86.3 Å². The summed E-state index contributed by atoms with van der Waals surface area (Å²) in [6, 6.07) is 14.8. The van der Waals surface area contributed by atoms with Gasteiger partial charge in [0.1, 0.15) is 24.4 Å². The molecule has 2 fully saturated rings. The third-order valence-electron chi connectivity index (χ3n) is 12.3. The van der Waals surface area contributed by atoms with E-state index in [4.69, 9.17) is 38.4 Å². The highest BCUT2D eigenvalue weighted by Crippen LogP contribution is 2.42. The molecule has 0 saturated carbocycles. The minimum absolute atomic E-state index is 0.0160. The summed E-state index contributed by atoms with van der Waals surface area (Å²) in [5.41, 5.74) is 3.05. The van der Waals surface area contributed by atoms with Crippen LogP contribution in [0.25, 0.3) is 16.5 Å². The van der Waals surface area contributed by atoms with Crippen LogP contribution >= 0.6 is 23.1 Å². The maximum atomic E-state index is 13.9. The Bertz CT molecular complexity index is 2800. The van der Waals surface area contributed by atoms with Crippen LogP contribution in [0.3, 0.4) is 0 Å². The number of carbonyl (C=O) groups is 5. The van der Waals surface area contributed by atoms with Crippen LogP contribution in [0, 0.1) is 23.7 Å². The fraction of sp³-hybridized carbons (Fsp3) is 0.473. The number of imide groups is 1. The molecule has 0 unspecified atom stereocenters. The van der Waals surface area contributed by atoms with E-state index in [9.17, 15) is 42.3 Å². The first-order valence-electron chi connectivity index (χ1n) is 25.4. The number of benzene rings is 3. The first-order valence-corrected chi connectivity index (χ1v) is 27.1. The zero-order valence-corrected chi connectivity index (χ0v) is 46.2. The van der Waals surface area contributed by atoms with Crippen LogP contribution in [-0.2, 0) is 55.6 Å². The summed E-state index contributed by atoms with van der Waals surface area (Å²) >= 11 is 2.30. The number of likely N-dealkylation sites (tertiary alicyclic amines) is 1. The van der Waals surface area contributed by atoms with E-state index in [2.05, 4.69) is 15.6 Å². The molecule has 426 valence electrons. The van der Waals surface area contributed by atoms with Crippen molar-refractivity contribution in [3.8, 4) is 33.8 Å². The van der Waals surface area contributed by atoms with E-state index in [1.165, 1.54) is 42.4 Å². The minimum atomic E-state index is -4.78. The topological polar surface area (TPSA) is 237 Å². The SMILES string of the molecule is COc1cc(/C=C2\SC(=O)N(CCOCCOCCCCOCCOCCOCC(=O)N[C@H](C(=O)N3C[C@H](O)C[C@H]3C(=O)NCc3ccc(-c4scnc4C)cc3)C(C)(C)C)C2=O)ccc1Oc1ccc(C#N)cc1C(F)(F)F. The number of nitrogens with one attached hydrogen (secondary N) is 2. The van der Waals surface area contributed by atoms with Crippen molar-refractivity contribution in [3.63, 3.8) is 0 Å². The molecule has 2 saturated heterocycles. The Balaban J connectivity index is 0.774. The number of thioether (sulfide) groups is 1. The molecule has 0 spiro atoms. The van der Waals surface area contributed by atoms with E-state index < -0.39 is 70.0 Å². The van der Waals surface area contributed by atoms with E-state index in [0.29, 0.717) is 44.7 Å². The van der Waals surface area contributed by atoms with Crippen LogP contribution in [0.5, 0.6) is 17.2 Å². The molecule has 2 aliphatic rings. The van der Waals surface area contributed by atoms with Gasteiger partial charge in [-0.25, -0.2) is 4.98 Å². The van der Waals surface area contributed by atoms with Gasteiger partial charge in [-0.15, -0.1) is 11.3 Å². The molecule has 1 aromatic heterocycles. The van der Waals surface area contributed by atoms with Crippen molar-refractivity contribution in [2.45, 2.75) is 77.9 Å². The fourth-order valence-electron chi connectivity index (χ4n) is 8.20. The number of hydrogen-bond acceptors (Lipinski definition) is 17. The Morgan fingerprint density at radius 1 is 0.873 bits per heavy atom. The number of rotatable bonds is 29. The number of hydrogen-bond donors (Lipinski definition) is 3. The van der Waals surface area contributed by atoms with Crippen molar-refractivity contribution in [3.05, 3.63) is 99.0 Å². The second-order valence-electron chi connectivity index (χ2n) is 19.3. The molecule has 3 heterocycles. The highest BCUT2D eigenvalue weighted by Gasteiger charge is 2.44. The van der Waals surface area contributed by atoms with Gasteiger partial charge < -0.3 is 53.8 Å². The third-order valence-corrected chi connectivity index (χ3v) is 14.2. The molecule has 5 amide bonds. The Hall–Kier alpha value is -6.43. The van der Waals surface area contributed by atoms with Crippen molar-refractivity contribution in [2.24, 2.45) is 5.41 Å². The normalized spacial score (nSPS) is 16.6. The van der Waals surface area contributed by atoms with Crippen LogP contribution in [0.4, 0.5) is 18.0 Å². The van der Waals surface area contributed by atoms with Crippen LogP contribution in [0.15, 0.2) is 71.1 Å². The maximum absolute atomic E-state index is 13.9. The number of nitrogens with zero attached hydrogens (tertiary/aromatic N) is 4. The molecule has 3 atom stereocenters. The van der Waals surface area contributed by atoms with Gasteiger partial charge in [0.25, 0.3) is 11.1 Å². The van der Waals surface area contributed by atoms with E-state index in [1.54, 1.807) is 22.9 Å². The fourth-order valence-corrected chi connectivity index (χ4v) is 9.88. The molecule has 3 aromatic carbocycles. The van der Waals surface area contributed by atoms with E-state index in [0.717, 1.165) is 57.3 Å². The maximum Gasteiger partial charge on any atom is 0.420 e. The highest BCUT2D eigenvalue weighted by molar-refractivity contribution is 8.18. The molecule has 24 heteroatoms. The Kier molecular flexibility index (Phi) is 23.2. The molecule has 2 aliphatic heterocycles. The lowest BCUT2D eigenvalue weighted by atomic mass is 9.85. The number of amides is 5. The molecule has 19 nitrogen and oxygen atoms in total. The van der Waals surface area contributed by atoms with Gasteiger partial charge in [-0.1, -0.05) is 51.1 Å². The molecular weight excluding hydrogens is 1070 g/mol. The molecular formula is C55H65F3N6O13S2. The number of carbonyl (C=O) groups excluding carboxylic acids is 5. The summed E-state index contributed by atoms with van der Waals surface area (Å²) in [6.07, 6.45) is -2.66. The number of nitriles is 1. The van der Waals surface area contributed by atoms with Gasteiger partial charge in [-0.05, 0) is 90.0 Å². The van der Waals surface area contributed by atoms with Gasteiger partial charge >= 0.3 is 6.18 Å². The van der Waals surface area contributed by atoms with Gasteiger partial charge in [0.2, 0.25) is 17.7 Å². The number of β-amino-alcohol motifs (C(OH)–C–C–N with tert-alkyl or cyclic N) is 1. The average Bonchev–Trinajstić information content (AvgIpc) is 4.20. The molecule has 0 radical (unpaired) electrons. The number of alkyl halides is 3. The van der Waals surface area contributed by atoms with E-state index in [1.807, 2.05) is 52.0 Å². The first-order chi connectivity index (χ1) is 37.8. The second-order valence-corrected chi connectivity index (χ2v) is 21.2. The van der Waals surface area contributed by atoms with Crippen molar-refractivity contribution < 1.29 is 75.4 Å². The quantitative estimate of drug-likeness (QED) is 0.0352. The number of aromatic nitrogens is 1. The molecule has 4 aromatic rings. The summed E-state index contributed by atoms with van der Waals surface area (Å²) in [6.45, 7) is 9.87. The van der Waals surface area contributed by atoms with Crippen LogP contribution in [0.1, 0.15) is 68.0 Å². The van der Waals surface area contributed by atoms with Gasteiger partial charge in [0.15, 0.2) is 11.5 Å². The number of ether oxygens (including phenoxy) is 7. The van der Waals surface area contributed by atoms with Crippen molar-refractivity contribution >= 4 is 58.0 Å². The van der Waals surface area contributed by atoms with Gasteiger partial charge in [-0.3, -0.25) is 28.9 Å². The predicted molar refractivity (Wildman–Crippen MR) is 287 cm³/mol. The number of halogens is 3. The summed E-state index contributed by atoms with van der Waals surface area (Å²) in [5.74, 6) is -2.39. The number of unbranched alkanes of at least 4 members (excludes halogenated alkanes) is 1. The summed E-state index contributed by atoms with van der Waals surface area (Å²) in [4.78, 5) is 73.9.